The molecule has 1 fully saturated rings. The lowest BCUT2D eigenvalue weighted by atomic mass is 9.99. The highest BCUT2D eigenvalue weighted by molar-refractivity contribution is 6.29. The molecule has 0 radical (unpaired) electrons. The Hall–Kier alpha value is -3.21. The molecule has 0 spiro atoms. The maximum Gasteiger partial charge on any atom is 0.433 e. The molecule has 34 heavy (non-hydrogen) atoms. The van der Waals surface area contributed by atoms with Gasteiger partial charge in [0.15, 0.2) is 0 Å². The molecule has 11 heteroatoms. The molecule has 2 aromatic heterocycles. The summed E-state index contributed by atoms with van der Waals surface area (Å²) in [6.45, 7) is 2.76. The zero-order valence-electron chi connectivity index (χ0n) is 17.9. The number of halogens is 4. The fraction of sp³-hybridized carbons (Fsp3) is 0.261. The summed E-state index contributed by atoms with van der Waals surface area (Å²) >= 11 is 6.30. The molecule has 0 unspecified atom stereocenters. The maximum absolute atomic E-state index is 12.9. The van der Waals surface area contributed by atoms with Gasteiger partial charge in [0.25, 0.3) is 5.91 Å². The quantitative estimate of drug-likeness (QED) is 0.515. The molecule has 4 rings (SSSR count). The Kier molecular flexibility index (Phi) is 7.01. The normalized spacial score (nSPS) is 14.2. The van der Waals surface area contributed by atoms with Gasteiger partial charge in [0.2, 0.25) is 0 Å². The van der Waals surface area contributed by atoms with Crippen LogP contribution in [0.3, 0.4) is 0 Å². The number of rotatable bonds is 5. The number of anilines is 2. The van der Waals surface area contributed by atoms with E-state index in [4.69, 9.17) is 22.1 Å². The molecule has 1 saturated heterocycles. The second-order valence-corrected chi connectivity index (χ2v) is 7.98. The van der Waals surface area contributed by atoms with Crippen molar-refractivity contribution < 1.29 is 22.7 Å². The molecular weight excluding hydrogens is 471 g/mol. The van der Waals surface area contributed by atoms with Crippen LogP contribution in [0.2, 0.25) is 5.15 Å². The Morgan fingerprint density at radius 3 is 2.62 bits per heavy atom. The molecule has 1 amide bonds. The van der Waals surface area contributed by atoms with E-state index >= 15 is 0 Å². The minimum atomic E-state index is -4.65. The lowest BCUT2D eigenvalue weighted by Crippen LogP contribution is -2.36. The van der Waals surface area contributed by atoms with Crippen LogP contribution >= 0.6 is 11.6 Å². The van der Waals surface area contributed by atoms with Gasteiger partial charge in [-0.2, -0.15) is 13.2 Å². The van der Waals surface area contributed by atoms with Crippen molar-refractivity contribution in [2.24, 2.45) is 5.73 Å². The van der Waals surface area contributed by atoms with Crippen molar-refractivity contribution in [1.29, 1.82) is 0 Å². The molecule has 3 N–H and O–H groups in total. The third-order valence-electron chi connectivity index (χ3n) is 5.33. The predicted molar refractivity (Wildman–Crippen MR) is 123 cm³/mol. The van der Waals surface area contributed by atoms with Gasteiger partial charge in [-0.05, 0) is 53.1 Å². The number of carbonyl (C=O) groups excluding carboxylic acids is 1. The Labute approximate surface area is 198 Å². The molecule has 1 aliphatic rings. The van der Waals surface area contributed by atoms with Crippen LogP contribution in [0.5, 0.6) is 0 Å². The second-order valence-electron chi connectivity index (χ2n) is 7.59. The van der Waals surface area contributed by atoms with E-state index in [1.165, 1.54) is 6.07 Å². The number of pyridine rings is 2. The van der Waals surface area contributed by atoms with Crippen molar-refractivity contribution >= 4 is 29.0 Å². The van der Waals surface area contributed by atoms with E-state index in [1.54, 1.807) is 24.3 Å². The minimum Gasteiger partial charge on any atom is -0.378 e. The largest absolute Gasteiger partial charge is 0.433 e. The summed E-state index contributed by atoms with van der Waals surface area (Å²) in [5.74, 6) is 0.000732. The van der Waals surface area contributed by atoms with Crippen LogP contribution < -0.4 is 16.0 Å². The third-order valence-corrected chi connectivity index (χ3v) is 5.52. The van der Waals surface area contributed by atoms with Crippen LogP contribution in [0.15, 0.2) is 48.7 Å². The first-order valence-corrected chi connectivity index (χ1v) is 10.8. The summed E-state index contributed by atoms with van der Waals surface area (Å²) in [5.41, 5.74) is 7.31. The van der Waals surface area contributed by atoms with Gasteiger partial charge in [-0.1, -0.05) is 17.7 Å². The molecule has 1 aliphatic heterocycles. The molecule has 0 bridgehead atoms. The SMILES string of the molecule is NCc1ccc(NC(=O)c2ccnc(C(F)(F)F)c2)cc1-c1cc(Cl)nc(N2CCOCC2)c1. The molecule has 7 nitrogen and oxygen atoms in total. The summed E-state index contributed by atoms with van der Waals surface area (Å²) in [5, 5.41) is 2.94. The first kappa shape index (κ1) is 23.9. The van der Waals surface area contributed by atoms with Gasteiger partial charge in [0, 0.05) is 37.1 Å². The fourth-order valence-electron chi connectivity index (χ4n) is 3.62. The van der Waals surface area contributed by atoms with E-state index in [-0.39, 0.29) is 12.1 Å². The van der Waals surface area contributed by atoms with E-state index in [0.29, 0.717) is 49.0 Å². The van der Waals surface area contributed by atoms with Crippen molar-refractivity contribution in [3.05, 3.63) is 70.6 Å². The van der Waals surface area contributed by atoms with Crippen molar-refractivity contribution in [1.82, 2.24) is 9.97 Å². The standard InChI is InChI=1S/C23H21ClF3N5O2/c24-20-10-16(11-21(31-20)32-5-7-34-8-6-32)18-12-17(2-1-15(18)13-28)30-22(33)14-3-4-29-19(9-14)23(25,26)27/h1-4,9-12H,5-8,13,28H2,(H,30,33). The zero-order chi connectivity index (χ0) is 24.3. The molecule has 178 valence electrons. The molecule has 0 saturated carbocycles. The molecule has 0 atom stereocenters. The van der Waals surface area contributed by atoms with Gasteiger partial charge in [0.1, 0.15) is 16.7 Å². The minimum absolute atomic E-state index is 0.159. The van der Waals surface area contributed by atoms with Crippen molar-refractivity contribution in [3.63, 3.8) is 0 Å². The molecule has 3 heterocycles. The monoisotopic (exact) mass is 491 g/mol. The van der Waals surface area contributed by atoms with Crippen molar-refractivity contribution in [3.8, 4) is 11.1 Å². The molecule has 1 aromatic carbocycles. The summed E-state index contributed by atoms with van der Waals surface area (Å²) in [7, 11) is 0. The summed E-state index contributed by atoms with van der Waals surface area (Å²) in [6, 6.07) is 10.6. The number of ether oxygens (including phenoxy) is 1. The van der Waals surface area contributed by atoms with E-state index < -0.39 is 17.8 Å². The average Bonchev–Trinajstić information content (AvgIpc) is 2.83. The number of carbonyl (C=O) groups is 1. The van der Waals surface area contributed by atoms with Crippen LogP contribution in [-0.2, 0) is 17.5 Å². The Morgan fingerprint density at radius 2 is 1.91 bits per heavy atom. The Balaban J connectivity index is 1.64. The Bertz CT molecular complexity index is 1200. The number of aromatic nitrogens is 2. The smallest absolute Gasteiger partial charge is 0.378 e. The number of nitrogens with zero attached hydrogens (tertiary/aromatic N) is 3. The molecular formula is C23H21ClF3N5O2. The van der Waals surface area contributed by atoms with Gasteiger partial charge < -0.3 is 20.7 Å². The zero-order valence-corrected chi connectivity index (χ0v) is 18.7. The predicted octanol–water partition coefficient (Wildman–Crippen LogP) is 4.36. The highest BCUT2D eigenvalue weighted by Crippen LogP contribution is 2.32. The number of hydrogen-bond donors (Lipinski definition) is 2. The van der Waals surface area contributed by atoms with Gasteiger partial charge in [-0.25, -0.2) is 4.98 Å². The number of alkyl halides is 3. The van der Waals surface area contributed by atoms with E-state index in [1.807, 2.05) is 6.07 Å². The number of amides is 1. The molecule has 3 aromatic rings. The van der Waals surface area contributed by atoms with Gasteiger partial charge >= 0.3 is 6.18 Å². The number of benzene rings is 1. The van der Waals surface area contributed by atoms with Crippen LogP contribution in [0.25, 0.3) is 11.1 Å². The Morgan fingerprint density at radius 1 is 1.15 bits per heavy atom. The van der Waals surface area contributed by atoms with Crippen LogP contribution in [0.4, 0.5) is 24.7 Å². The maximum atomic E-state index is 12.9. The van der Waals surface area contributed by atoms with E-state index in [0.717, 1.165) is 22.9 Å². The first-order valence-electron chi connectivity index (χ1n) is 10.4. The summed E-state index contributed by atoms with van der Waals surface area (Å²) in [4.78, 5) is 22.4. The third kappa shape index (κ3) is 5.46. The number of hydrogen-bond acceptors (Lipinski definition) is 6. The average molecular weight is 492 g/mol. The fourth-order valence-corrected chi connectivity index (χ4v) is 3.83. The second kappa shape index (κ2) is 9.96. The van der Waals surface area contributed by atoms with Crippen molar-refractivity contribution in [2.75, 3.05) is 36.5 Å². The van der Waals surface area contributed by atoms with Crippen LogP contribution in [-0.4, -0.2) is 42.2 Å². The number of nitrogens with two attached hydrogens (primary N) is 1. The van der Waals surface area contributed by atoms with Crippen LogP contribution in [0, 0.1) is 0 Å². The highest BCUT2D eigenvalue weighted by atomic mass is 35.5. The van der Waals surface area contributed by atoms with Gasteiger partial charge in [-0.3, -0.25) is 9.78 Å². The molecule has 0 aliphatic carbocycles. The first-order chi connectivity index (χ1) is 16.2. The lowest BCUT2D eigenvalue weighted by Gasteiger charge is -2.28. The van der Waals surface area contributed by atoms with E-state index in [2.05, 4.69) is 20.2 Å². The number of morpholine rings is 1. The van der Waals surface area contributed by atoms with Gasteiger partial charge in [-0.15, -0.1) is 0 Å². The lowest BCUT2D eigenvalue weighted by molar-refractivity contribution is -0.141. The summed E-state index contributed by atoms with van der Waals surface area (Å²) < 4.78 is 44.2. The van der Waals surface area contributed by atoms with Gasteiger partial charge in [0.05, 0.1) is 13.2 Å². The van der Waals surface area contributed by atoms with E-state index in [9.17, 15) is 18.0 Å². The topological polar surface area (TPSA) is 93.4 Å². The van der Waals surface area contributed by atoms with Crippen molar-refractivity contribution in [2.45, 2.75) is 12.7 Å². The highest BCUT2D eigenvalue weighted by Gasteiger charge is 2.33. The van der Waals surface area contributed by atoms with Crippen LogP contribution in [0.1, 0.15) is 21.6 Å². The number of nitrogens with one attached hydrogen (secondary N) is 1. The summed E-state index contributed by atoms with van der Waals surface area (Å²) in [6.07, 6.45) is -3.70.